The molecule has 1 aromatic carbocycles. The molecule has 1 saturated carbocycles. The standard InChI is InChI=1S/C17H27NO2/c1-5-20-16-9-7-14(11-17(16)19-4)18-15-8-6-12(2)10-13(15)3/h7,9,11-13,15,18H,5-6,8,10H2,1-4H3. The maximum absolute atomic E-state index is 5.56. The summed E-state index contributed by atoms with van der Waals surface area (Å²) in [5, 5.41) is 3.66. The molecule has 0 aliphatic heterocycles. The summed E-state index contributed by atoms with van der Waals surface area (Å²) in [4.78, 5) is 0. The maximum atomic E-state index is 5.56. The van der Waals surface area contributed by atoms with Crippen LogP contribution in [0.3, 0.4) is 0 Å². The molecule has 1 aliphatic carbocycles. The second kappa shape index (κ2) is 6.87. The summed E-state index contributed by atoms with van der Waals surface area (Å²) in [6.45, 7) is 7.34. The third kappa shape index (κ3) is 3.59. The Labute approximate surface area is 122 Å². The number of benzene rings is 1. The minimum absolute atomic E-state index is 0.564. The molecule has 20 heavy (non-hydrogen) atoms. The fourth-order valence-corrected chi connectivity index (χ4v) is 3.13. The lowest BCUT2D eigenvalue weighted by Gasteiger charge is -2.34. The quantitative estimate of drug-likeness (QED) is 0.869. The molecule has 3 nitrogen and oxygen atoms in total. The second-order valence-electron chi connectivity index (χ2n) is 5.94. The van der Waals surface area contributed by atoms with Gasteiger partial charge in [0.2, 0.25) is 0 Å². The first-order valence-corrected chi connectivity index (χ1v) is 7.71. The van der Waals surface area contributed by atoms with Gasteiger partial charge in [0.05, 0.1) is 13.7 Å². The zero-order valence-corrected chi connectivity index (χ0v) is 13.1. The largest absolute Gasteiger partial charge is 0.493 e. The molecule has 0 radical (unpaired) electrons. The van der Waals surface area contributed by atoms with Gasteiger partial charge in [0.1, 0.15) is 0 Å². The molecule has 1 N–H and O–H groups in total. The minimum Gasteiger partial charge on any atom is -0.493 e. The van der Waals surface area contributed by atoms with Gasteiger partial charge in [0, 0.05) is 17.8 Å². The van der Waals surface area contributed by atoms with E-state index in [1.165, 1.54) is 19.3 Å². The van der Waals surface area contributed by atoms with Crippen molar-refractivity contribution in [1.29, 1.82) is 0 Å². The van der Waals surface area contributed by atoms with Gasteiger partial charge in [-0.25, -0.2) is 0 Å². The lowest BCUT2D eigenvalue weighted by molar-refractivity contribution is 0.276. The zero-order valence-electron chi connectivity index (χ0n) is 13.1. The summed E-state index contributed by atoms with van der Waals surface area (Å²) < 4.78 is 11.0. The number of nitrogens with one attached hydrogen (secondary N) is 1. The summed E-state index contributed by atoms with van der Waals surface area (Å²) in [7, 11) is 1.69. The Bertz CT molecular complexity index is 433. The average Bonchev–Trinajstić information content (AvgIpc) is 2.43. The molecule has 2 rings (SSSR count). The number of hydrogen-bond donors (Lipinski definition) is 1. The number of hydrogen-bond acceptors (Lipinski definition) is 3. The lowest BCUT2D eigenvalue weighted by Crippen LogP contribution is -2.32. The van der Waals surface area contributed by atoms with E-state index in [1.54, 1.807) is 7.11 Å². The third-order valence-corrected chi connectivity index (χ3v) is 4.25. The fraction of sp³-hybridized carbons (Fsp3) is 0.647. The van der Waals surface area contributed by atoms with Crippen molar-refractivity contribution in [3.8, 4) is 11.5 Å². The van der Waals surface area contributed by atoms with Gasteiger partial charge in [-0.3, -0.25) is 0 Å². The first-order chi connectivity index (χ1) is 9.63. The van der Waals surface area contributed by atoms with Crippen LogP contribution in [-0.2, 0) is 0 Å². The first kappa shape index (κ1) is 15.0. The van der Waals surface area contributed by atoms with Crippen molar-refractivity contribution < 1.29 is 9.47 Å². The maximum Gasteiger partial charge on any atom is 0.162 e. The molecule has 3 atom stereocenters. The van der Waals surface area contributed by atoms with Crippen molar-refractivity contribution in [2.45, 2.75) is 46.1 Å². The normalized spacial score (nSPS) is 26.1. The highest BCUT2D eigenvalue weighted by molar-refractivity contribution is 5.55. The Morgan fingerprint density at radius 1 is 1.20 bits per heavy atom. The van der Waals surface area contributed by atoms with Crippen LogP contribution in [0.2, 0.25) is 0 Å². The average molecular weight is 277 g/mol. The molecule has 0 heterocycles. The van der Waals surface area contributed by atoms with Crippen molar-refractivity contribution in [2.24, 2.45) is 11.8 Å². The highest BCUT2D eigenvalue weighted by Crippen LogP contribution is 2.34. The highest BCUT2D eigenvalue weighted by atomic mass is 16.5. The van der Waals surface area contributed by atoms with Crippen molar-refractivity contribution in [1.82, 2.24) is 0 Å². The molecule has 0 saturated heterocycles. The van der Waals surface area contributed by atoms with Crippen molar-refractivity contribution in [3.05, 3.63) is 18.2 Å². The van der Waals surface area contributed by atoms with E-state index in [0.29, 0.717) is 12.6 Å². The molecule has 0 bridgehead atoms. The van der Waals surface area contributed by atoms with E-state index < -0.39 is 0 Å². The minimum atomic E-state index is 0.564. The molecular weight excluding hydrogens is 250 g/mol. The van der Waals surface area contributed by atoms with Crippen molar-refractivity contribution in [3.63, 3.8) is 0 Å². The SMILES string of the molecule is CCOc1ccc(NC2CCC(C)CC2C)cc1OC. The van der Waals surface area contributed by atoms with Crippen molar-refractivity contribution >= 4 is 5.69 Å². The van der Waals surface area contributed by atoms with Crippen LogP contribution in [-0.4, -0.2) is 19.8 Å². The predicted octanol–water partition coefficient (Wildman–Crippen LogP) is 4.33. The Balaban J connectivity index is 2.06. The second-order valence-corrected chi connectivity index (χ2v) is 5.94. The fourth-order valence-electron chi connectivity index (χ4n) is 3.13. The summed E-state index contributed by atoms with van der Waals surface area (Å²) in [6, 6.07) is 6.67. The molecule has 0 spiro atoms. The van der Waals surface area contributed by atoms with Gasteiger partial charge in [-0.05, 0) is 50.2 Å². The zero-order chi connectivity index (χ0) is 14.5. The topological polar surface area (TPSA) is 30.5 Å². The van der Waals surface area contributed by atoms with Crippen LogP contribution in [0.25, 0.3) is 0 Å². The molecule has 1 aromatic rings. The van der Waals surface area contributed by atoms with Gasteiger partial charge in [-0.1, -0.05) is 13.8 Å². The molecule has 3 heteroatoms. The van der Waals surface area contributed by atoms with E-state index in [2.05, 4.69) is 25.2 Å². The predicted molar refractivity (Wildman–Crippen MR) is 83.8 cm³/mol. The number of anilines is 1. The van der Waals surface area contributed by atoms with Gasteiger partial charge in [-0.2, -0.15) is 0 Å². The van der Waals surface area contributed by atoms with Crippen LogP contribution < -0.4 is 14.8 Å². The molecule has 0 amide bonds. The molecular formula is C17H27NO2. The van der Waals surface area contributed by atoms with Gasteiger partial charge in [0.15, 0.2) is 11.5 Å². The van der Waals surface area contributed by atoms with Gasteiger partial charge < -0.3 is 14.8 Å². The summed E-state index contributed by atoms with van der Waals surface area (Å²) in [5.74, 6) is 3.19. The molecule has 3 unspecified atom stereocenters. The summed E-state index contributed by atoms with van der Waals surface area (Å²) in [5.41, 5.74) is 1.12. The molecule has 1 fully saturated rings. The van der Waals surface area contributed by atoms with Crippen LogP contribution in [0.5, 0.6) is 11.5 Å². The van der Waals surface area contributed by atoms with Crippen LogP contribution in [0.15, 0.2) is 18.2 Å². The Morgan fingerprint density at radius 3 is 2.65 bits per heavy atom. The molecule has 112 valence electrons. The lowest BCUT2D eigenvalue weighted by atomic mass is 9.80. The Hall–Kier alpha value is -1.38. The smallest absolute Gasteiger partial charge is 0.162 e. The van der Waals surface area contributed by atoms with E-state index in [-0.39, 0.29) is 0 Å². The highest BCUT2D eigenvalue weighted by Gasteiger charge is 2.25. The molecule has 0 aromatic heterocycles. The van der Waals surface area contributed by atoms with Crippen molar-refractivity contribution in [2.75, 3.05) is 19.0 Å². The Morgan fingerprint density at radius 2 is 2.00 bits per heavy atom. The van der Waals surface area contributed by atoms with E-state index in [0.717, 1.165) is 29.0 Å². The monoisotopic (exact) mass is 277 g/mol. The van der Waals surface area contributed by atoms with E-state index in [4.69, 9.17) is 9.47 Å². The van der Waals surface area contributed by atoms with E-state index >= 15 is 0 Å². The van der Waals surface area contributed by atoms with Crippen LogP contribution in [0, 0.1) is 11.8 Å². The van der Waals surface area contributed by atoms with Gasteiger partial charge in [-0.15, -0.1) is 0 Å². The van der Waals surface area contributed by atoms with E-state index in [1.807, 2.05) is 19.1 Å². The Kier molecular flexibility index (Phi) is 5.16. The first-order valence-electron chi connectivity index (χ1n) is 7.71. The third-order valence-electron chi connectivity index (χ3n) is 4.25. The van der Waals surface area contributed by atoms with Crippen LogP contribution >= 0.6 is 0 Å². The number of rotatable bonds is 5. The number of methoxy groups -OCH3 is 1. The summed E-state index contributed by atoms with van der Waals surface area (Å²) >= 11 is 0. The van der Waals surface area contributed by atoms with Crippen LogP contribution in [0.4, 0.5) is 5.69 Å². The van der Waals surface area contributed by atoms with Gasteiger partial charge >= 0.3 is 0 Å². The van der Waals surface area contributed by atoms with Crippen LogP contribution in [0.1, 0.15) is 40.0 Å². The summed E-state index contributed by atoms with van der Waals surface area (Å²) in [6.07, 6.45) is 3.87. The molecule has 1 aliphatic rings. The van der Waals surface area contributed by atoms with Gasteiger partial charge in [0.25, 0.3) is 0 Å². The van der Waals surface area contributed by atoms with E-state index in [9.17, 15) is 0 Å². The number of ether oxygens (including phenoxy) is 2.